The zero-order valence-corrected chi connectivity index (χ0v) is 18.9. The van der Waals surface area contributed by atoms with Gasteiger partial charge >= 0.3 is 0 Å². The molecule has 0 bridgehead atoms. The van der Waals surface area contributed by atoms with Crippen LogP contribution in [0.1, 0.15) is 50.4 Å². The minimum Gasteiger partial charge on any atom is -0.352 e. The summed E-state index contributed by atoms with van der Waals surface area (Å²) >= 11 is 0. The lowest BCUT2D eigenvalue weighted by Gasteiger charge is -2.18. The number of carbonyl (C=O) groups excluding carboxylic acids is 2. The molecule has 2 N–H and O–H groups in total. The van der Waals surface area contributed by atoms with Gasteiger partial charge in [-0.3, -0.25) is 9.59 Å². The first-order valence-electron chi connectivity index (χ1n) is 11.2. The van der Waals surface area contributed by atoms with Gasteiger partial charge in [-0.15, -0.1) is 0 Å². The van der Waals surface area contributed by atoms with Gasteiger partial charge in [-0.25, -0.2) is 4.52 Å². The fourth-order valence-electron chi connectivity index (χ4n) is 3.85. The van der Waals surface area contributed by atoms with Crippen LogP contribution in [0.2, 0.25) is 0 Å². The lowest BCUT2D eigenvalue weighted by Crippen LogP contribution is -2.30. The van der Waals surface area contributed by atoms with Gasteiger partial charge in [-0.05, 0) is 43.5 Å². The SMILES string of the molecule is CCNC(=O)c1ccc2c(C(=O)[C@@H](NCCc3ccc(C)cc3)c3ccccc3)cnn2c1. The van der Waals surface area contributed by atoms with Crippen molar-refractivity contribution in [3.8, 4) is 0 Å². The van der Waals surface area contributed by atoms with Crippen molar-refractivity contribution in [2.24, 2.45) is 0 Å². The smallest absolute Gasteiger partial charge is 0.252 e. The van der Waals surface area contributed by atoms with Crippen LogP contribution < -0.4 is 10.6 Å². The zero-order chi connectivity index (χ0) is 23.2. The molecule has 0 saturated heterocycles. The van der Waals surface area contributed by atoms with Gasteiger partial charge in [-0.1, -0.05) is 60.2 Å². The molecule has 0 aliphatic carbocycles. The monoisotopic (exact) mass is 440 g/mol. The van der Waals surface area contributed by atoms with Crippen molar-refractivity contribution in [2.75, 3.05) is 13.1 Å². The minimum atomic E-state index is -0.493. The van der Waals surface area contributed by atoms with Crippen molar-refractivity contribution in [1.82, 2.24) is 20.2 Å². The molecular formula is C27H28N4O2. The highest BCUT2D eigenvalue weighted by atomic mass is 16.1. The molecule has 2 aromatic heterocycles. The van der Waals surface area contributed by atoms with Crippen molar-refractivity contribution in [1.29, 1.82) is 0 Å². The zero-order valence-electron chi connectivity index (χ0n) is 18.9. The number of nitrogens with zero attached hydrogens (tertiary/aromatic N) is 2. The van der Waals surface area contributed by atoms with E-state index in [2.05, 4.69) is 46.9 Å². The summed E-state index contributed by atoms with van der Waals surface area (Å²) < 4.78 is 1.59. The van der Waals surface area contributed by atoms with Crippen LogP contribution >= 0.6 is 0 Å². The average molecular weight is 441 g/mol. The predicted octanol–water partition coefficient (Wildman–Crippen LogP) is 4.15. The number of rotatable bonds is 9. The van der Waals surface area contributed by atoms with Crippen LogP contribution in [0.3, 0.4) is 0 Å². The maximum Gasteiger partial charge on any atom is 0.252 e. The lowest BCUT2D eigenvalue weighted by molar-refractivity contribution is 0.0941. The molecule has 0 spiro atoms. The summed E-state index contributed by atoms with van der Waals surface area (Å²) in [5.41, 5.74) is 5.06. The minimum absolute atomic E-state index is 0.0501. The number of aryl methyl sites for hydroxylation is 1. The van der Waals surface area contributed by atoms with Crippen LogP contribution in [-0.4, -0.2) is 34.4 Å². The Bertz CT molecular complexity index is 1250. The van der Waals surface area contributed by atoms with Crippen LogP contribution in [0.4, 0.5) is 0 Å². The molecule has 168 valence electrons. The van der Waals surface area contributed by atoms with Gasteiger partial charge < -0.3 is 10.6 Å². The molecule has 1 atom stereocenters. The van der Waals surface area contributed by atoms with Crippen LogP contribution in [-0.2, 0) is 6.42 Å². The molecule has 2 heterocycles. The Balaban J connectivity index is 1.57. The molecule has 33 heavy (non-hydrogen) atoms. The highest BCUT2D eigenvalue weighted by Crippen LogP contribution is 2.22. The number of pyridine rings is 1. The highest BCUT2D eigenvalue weighted by Gasteiger charge is 2.24. The Morgan fingerprint density at radius 2 is 1.76 bits per heavy atom. The molecule has 0 saturated carbocycles. The van der Waals surface area contributed by atoms with E-state index in [4.69, 9.17) is 0 Å². The molecule has 0 aliphatic heterocycles. The predicted molar refractivity (Wildman–Crippen MR) is 130 cm³/mol. The van der Waals surface area contributed by atoms with Crippen molar-refractivity contribution >= 4 is 17.2 Å². The number of Topliss-reactive ketones (excluding diaryl/α,β-unsaturated/α-hetero) is 1. The van der Waals surface area contributed by atoms with Gasteiger partial charge in [0.25, 0.3) is 5.91 Å². The summed E-state index contributed by atoms with van der Waals surface area (Å²) in [4.78, 5) is 25.8. The van der Waals surface area contributed by atoms with Gasteiger partial charge in [0.1, 0.15) is 0 Å². The van der Waals surface area contributed by atoms with E-state index >= 15 is 0 Å². The number of fused-ring (bicyclic) bond motifs is 1. The average Bonchev–Trinajstić information content (AvgIpc) is 3.27. The van der Waals surface area contributed by atoms with Gasteiger partial charge in [-0.2, -0.15) is 5.10 Å². The Labute approximate surface area is 193 Å². The molecule has 4 rings (SSSR count). The van der Waals surface area contributed by atoms with Crippen molar-refractivity contribution < 1.29 is 9.59 Å². The van der Waals surface area contributed by atoms with E-state index in [1.54, 1.807) is 29.0 Å². The second-order valence-corrected chi connectivity index (χ2v) is 8.06. The summed E-state index contributed by atoms with van der Waals surface area (Å²) in [6.45, 7) is 5.15. The molecule has 4 aromatic rings. The van der Waals surface area contributed by atoms with E-state index in [1.165, 1.54) is 11.1 Å². The molecule has 0 aliphatic rings. The van der Waals surface area contributed by atoms with Crippen LogP contribution in [0.15, 0.2) is 79.1 Å². The second-order valence-electron chi connectivity index (χ2n) is 8.06. The molecular weight excluding hydrogens is 412 g/mol. The third kappa shape index (κ3) is 5.18. The largest absolute Gasteiger partial charge is 0.352 e. The van der Waals surface area contributed by atoms with E-state index in [9.17, 15) is 9.59 Å². The molecule has 6 nitrogen and oxygen atoms in total. The summed E-state index contributed by atoms with van der Waals surface area (Å²) in [5.74, 6) is -0.214. The molecule has 6 heteroatoms. The third-order valence-corrected chi connectivity index (χ3v) is 5.66. The second kappa shape index (κ2) is 10.2. The number of ketones is 1. The number of nitrogens with one attached hydrogen (secondary N) is 2. The Morgan fingerprint density at radius 1 is 1.00 bits per heavy atom. The van der Waals surface area contributed by atoms with E-state index in [0.717, 1.165) is 12.0 Å². The van der Waals surface area contributed by atoms with Gasteiger partial charge in [0.15, 0.2) is 5.78 Å². The maximum absolute atomic E-state index is 13.6. The van der Waals surface area contributed by atoms with Crippen molar-refractivity contribution in [3.05, 3.63) is 107 Å². The Hall–Kier alpha value is -3.77. The summed E-state index contributed by atoms with van der Waals surface area (Å²) in [6.07, 6.45) is 4.05. The lowest BCUT2D eigenvalue weighted by atomic mass is 9.97. The number of benzene rings is 2. The quantitative estimate of drug-likeness (QED) is 0.384. The number of hydrogen-bond donors (Lipinski definition) is 2. The van der Waals surface area contributed by atoms with E-state index < -0.39 is 6.04 Å². The normalized spacial score (nSPS) is 11.9. The highest BCUT2D eigenvalue weighted by molar-refractivity contribution is 6.06. The molecule has 1 amide bonds. The molecule has 0 radical (unpaired) electrons. The fourth-order valence-corrected chi connectivity index (χ4v) is 3.85. The first-order chi connectivity index (χ1) is 16.1. The van der Waals surface area contributed by atoms with Crippen LogP contribution in [0, 0.1) is 6.92 Å². The summed E-state index contributed by atoms with van der Waals surface area (Å²) in [6, 6.07) is 21.2. The maximum atomic E-state index is 13.6. The first kappa shape index (κ1) is 22.4. The van der Waals surface area contributed by atoms with E-state index in [1.807, 2.05) is 37.3 Å². The molecule has 0 fully saturated rings. The summed E-state index contributed by atoms with van der Waals surface area (Å²) in [7, 11) is 0. The third-order valence-electron chi connectivity index (χ3n) is 5.66. The first-order valence-corrected chi connectivity index (χ1v) is 11.2. The van der Waals surface area contributed by atoms with E-state index in [0.29, 0.717) is 29.7 Å². The van der Waals surface area contributed by atoms with Gasteiger partial charge in [0.05, 0.1) is 28.9 Å². The Kier molecular flexibility index (Phi) is 6.95. The van der Waals surface area contributed by atoms with Crippen molar-refractivity contribution in [3.63, 3.8) is 0 Å². The standard InChI is InChI=1S/C27H28N4O2/c1-3-28-27(33)22-13-14-24-23(17-30-31(24)18-22)26(32)25(21-7-5-4-6-8-21)29-16-15-20-11-9-19(2)10-12-20/h4-14,17-18,25,29H,3,15-16H2,1-2H3,(H,28,33)/t25-/m0/s1. The Morgan fingerprint density at radius 3 is 2.48 bits per heavy atom. The van der Waals surface area contributed by atoms with E-state index in [-0.39, 0.29) is 11.7 Å². The van der Waals surface area contributed by atoms with Crippen molar-refractivity contribution in [2.45, 2.75) is 26.3 Å². The van der Waals surface area contributed by atoms with Crippen LogP contribution in [0.25, 0.3) is 5.52 Å². The number of aromatic nitrogens is 2. The van der Waals surface area contributed by atoms with Gasteiger partial charge in [0.2, 0.25) is 0 Å². The number of carbonyl (C=O) groups is 2. The summed E-state index contributed by atoms with van der Waals surface area (Å²) in [5, 5.41) is 10.6. The number of hydrogen-bond acceptors (Lipinski definition) is 4. The number of amides is 1. The van der Waals surface area contributed by atoms with Crippen LogP contribution in [0.5, 0.6) is 0 Å². The van der Waals surface area contributed by atoms with Gasteiger partial charge in [0, 0.05) is 19.3 Å². The topological polar surface area (TPSA) is 75.5 Å². The molecule has 2 aromatic carbocycles. The molecule has 0 unspecified atom stereocenters. The fraction of sp³-hybridized carbons (Fsp3) is 0.222.